The zero-order chi connectivity index (χ0) is 9.19. The van der Waals surface area contributed by atoms with Crippen molar-refractivity contribution in [3.8, 4) is 0 Å². The zero-order valence-electron chi connectivity index (χ0n) is 8.59. The molecule has 2 heteroatoms. The summed E-state index contributed by atoms with van der Waals surface area (Å²) in [6.07, 6.45) is 2.46. The highest BCUT2D eigenvalue weighted by atomic mass is 17.2. The molecule has 0 spiro atoms. The molecule has 2 atom stereocenters. The van der Waals surface area contributed by atoms with Crippen molar-refractivity contribution in [2.24, 2.45) is 11.3 Å². The van der Waals surface area contributed by atoms with Crippen LogP contribution in [-0.4, -0.2) is 12.7 Å². The second-order valence-corrected chi connectivity index (χ2v) is 4.63. The lowest BCUT2D eigenvalue weighted by Gasteiger charge is -2.38. The van der Waals surface area contributed by atoms with Gasteiger partial charge in [0.15, 0.2) is 0 Å². The maximum atomic E-state index is 5.27. The van der Waals surface area contributed by atoms with Crippen molar-refractivity contribution in [2.75, 3.05) is 6.61 Å². The van der Waals surface area contributed by atoms with Crippen LogP contribution in [0.4, 0.5) is 0 Å². The van der Waals surface area contributed by atoms with Crippen LogP contribution in [0, 0.1) is 11.3 Å². The second kappa shape index (κ2) is 3.75. The molecule has 2 unspecified atom stereocenters. The van der Waals surface area contributed by atoms with Crippen LogP contribution in [0.2, 0.25) is 0 Å². The Morgan fingerprint density at radius 1 is 1.33 bits per heavy atom. The highest BCUT2D eigenvalue weighted by molar-refractivity contribution is 4.81. The van der Waals surface area contributed by atoms with E-state index in [0.29, 0.717) is 17.4 Å². The van der Waals surface area contributed by atoms with Gasteiger partial charge in [0.05, 0.1) is 12.7 Å². The molecule has 0 aliphatic carbocycles. The lowest BCUT2D eigenvalue weighted by molar-refractivity contribution is -0.365. The maximum absolute atomic E-state index is 5.27. The Morgan fingerprint density at radius 3 is 2.42 bits per heavy atom. The Hall–Kier alpha value is -0.0800. The van der Waals surface area contributed by atoms with E-state index in [0.717, 1.165) is 19.4 Å². The molecule has 0 radical (unpaired) electrons. The monoisotopic (exact) mass is 172 g/mol. The molecule has 0 N–H and O–H groups in total. The van der Waals surface area contributed by atoms with Gasteiger partial charge in [0.1, 0.15) is 0 Å². The average Bonchev–Trinajstić information content (AvgIpc) is 2.03. The quantitative estimate of drug-likeness (QED) is 0.566. The van der Waals surface area contributed by atoms with Gasteiger partial charge in [-0.25, -0.2) is 9.78 Å². The minimum Gasteiger partial charge on any atom is -0.236 e. The lowest BCUT2D eigenvalue weighted by Crippen LogP contribution is -2.38. The van der Waals surface area contributed by atoms with Gasteiger partial charge in [-0.2, -0.15) is 0 Å². The van der Waals surface area contributed by atoms with E-state index >= 15 is 0 Å². The summed E-state index contributed by atoms with van der Waals surface area (Å²) in [5.41, 5.74) is 0.338. The van der Waals surface area contributed by atoms with Crippen LogP contribution in [0.15, 0.2) is 0 Å². The van der Waals surface area contributed by atoms with Crippen LogP contribution < -0.4 is 0 Å². The number of rotatable bonds is 1. The summed E-state index contributed by atoms with van der Waals surface area (Å²) in [6, 6.07) is 0. The van der Waals surface area contributed by atoms with Crippen LogP contribution in [0.25, 0.3) is 0 Å². The molecule has 0 aromatic heterocycles. The van der Waals surface area contributed by atoms with E-state index < -0.39 is 0 Å². The molecule has 0 aromatic carbocycles. The van der Waals surface area contributed by atoms with Gasteiger partial charge in [0.2, 0.25) is 0 Å². The SMILES string of the molecule is CCC1OOCCC1C(C)(C)C. The average molecular weight is 172 g/mol. The Bertz CT molecular complexity index is 137. The third-order valence-electron chi connectivity index (χ3n) is 2.67. The van der Waals surface area contributed by atoms with E-state index in [1.54, 1.807) is 0 Å². The first-order valence-electron chi connectivity index (χ1n) is 4.84. The minimum absolute atomic E-state index is 0.291. The summed E-state index contributed by atoms with van der Waals surface area (Å²) < 4.78 is 0. The summed E-state index contributed by atoms with van der Waals surface area (Å²) in [7, 11) is 0. The van der Waals surface area contributed by atoms with E-state index in [2.05, 4.69) is 27.7 Å². The van der Waals surface area contributed by atoms with Crippen molar-refractivity contribution in [1.82, 2.24) is 0 Å². The van der Waals surface area contributed by atoms with Crippen LogP contribution in [0.1, 0.15) is 40.5 Å². The van der Waals surface area contributed by atoms with Gasteiger partial charge in [0.25, 0.3) is 0 Å². The smallest absolute Gasteiger partial charge is 0.0961 e. The van der Waals surface area contributed by atoms with E-state index in [4.69, 9.17) is 9.78 Å². The summed E-state index contributed by atoms with van der Waals surface area (Å²) in [5, 5.41) is 0. The van der Waals surface area contributed by atoms with E-state index in [1.807, 2.05) is 0 Å². The van der Waals surface area contributed by atoms with Gasteiger partial charge in [-0.1, -0.05) is 27.7 Å². The molecule has 12 heavy (non-hydrogen) atoms. The summed E-state index contributed by atoms with van der Waals surface area (Å²) >= 11 is 0. The van der Waals surface area contributed by atoms with Gasteiger partial charge < -0.3 is 0 Å². The number of hydrogen-bond acceptors (Lipinski definition) is 2. The molecule has 2 nitrogen and oxygen atoms in total. The predicted molar refractivity (Wildman–Crippen MR) is 48.7 cm³/mol. The van der Waals surface area contributed by atoms with Gasteiger partial charge >= 0.3 is 0 Å². The Kier molecular flexibility index (Phi) is 3.13. The molecule has 1 saturated heterocycles. The Balaban J connectivity index is 2.59. The van der Waals surface area contributed by atoms with Crippen molar-refractivity contribution < 1.29 is 9.78 Å². The minimum atomic E-state index is 0.291. The zero-order valence-corrected chi connectivity index (χ0v) is 8.59. The van der Waals surface area contributed by atoms with Crippen LogP contribution >= 0.6 is 0 Å². The van der Waals surface area contributed by atoms with E-state index in [-0.39, 0.29) is 0 Å². The second-order valence-electron chi connectivity index (χ2n) is 4.63. The molecule has 72 valence electrons. The molecule has 1 aliphatic rings. The van der Waals surface area contributed by atoms with Crippen molar-refractivity contribution in [3.63, 3.8) is 0 Å². The molecule has 0 saturated carbocycles. The maximum Gasteiger partial charge on any atom is 0.0961 e. The molecule has 1 heterocycles. The molecule has 0 aromatic rings. The van der Waals surface area contributed by atoms with E-state index in [9.17, 15) is 0 Å². The normalized spacial score (nSPS) is 32.0. The fraction of sp³-hybridized carbons (Fsp3) is 1.00. The highest BCUT2D eigenvalue weighted by Gasteiger charge is 2.34. The van der Waals surface area contributed by atoms with Crippen molar-refractivity contribution in [3.05, 3.63) is 0 Å². The van der Waals surface area contributed by atoms with Crippen LogP contribution in [-0.2, 0) is 9.78 Å². The molecule has 1 rings (SSSR count). The largest absolute Gasteiger partial charge is 0.236 e. The molecule has 1 aliphatic heterocycles. The van der Waals surface area contributed by atoms with Crippen LogP contribution in [0.5, 0.6) is 0 Å². The third kappa shape index (κ3) is 2.20. The summed E-state index contributed by atoms with van der Waals surface area (Å²) in [5.74, 6) is 0.635. The predicted octanol–water partition coefficient (Wildman–Crippen LogP) is 2.78. The first kappa shape index (κ1) is 10.0. The topological polar surface area (TPSA) is 18.5 Å². The summed E-state index contributed by atoms with van der Waals surface area (Å²) in [6.45, 7) is 9.72. The highest BCUT2D eigenvalue weighted by Crippen LogP contribution is 2.36. The summed E-state index contributed by atoms with van der Waals surface area (Å²) in [4.78, 5) is 10.3. The van der Waals surface area contributed by atoms with Gasteiger partial charge in [-0.05, 0) is 24.2 Å². The van der Waals surface area contributed by atoms with Crippen molar-refractivity contribution in [2.45, 2.75) is 46.6 Å². The van der Waals surface area contributed by atoms with Crippen LogP contribution in [0.3, 0.4) is 0 Å². The van der Waals surface area contributed by atoms with Gasteiger partial charge in [0, 0.05) is 0 Å². The van der Waals surface area contributed by atoms with Crippen molar-refractivity contribution in [1.29, 1.82) is 0 Å². The first-order valence-corrected chi connectivity index (χ1v) is 4.84. The number of hydrogen-bond donors (Lipinski definition) is 0. The van der Waals surface area contributed by atoms with Crippen molar-refractivity contribution >= 4 is 0 Å². The Labute approximate surface area is 75.2 Å². The molecule has 0 amide bonds. The van der Waals surface area contributed by atoms with Gasteiger partial charge in [-0.15, -0.1) is 0 Å². The molecule has 1 fully saturated rings. The molecular formula is C10H20O2. The third-order valence-corrected chi connectivity index (χ3v) is 2.67. The standard InChI is InChI=1S/C10H20O2/c1-5-9-8(10(2,3)4)6-7-11-12-9/h8-9H,5-7H2,1-4H3. The fourth-order valence-electron chi connectivity index (χ4n) is 1.91. The lowest BCUT2D eigenvalue weighted by atomic mass is 9.74. The van der Waals surface area contributed by atoms with E-state index in [1.165, 1.54) is 0 Å². The fourth-order valence-corrected chi connectivity index (χ4v) is 1.91. The van der Waals surface area contributed by atoms with Gasteiger partial charge in [-0.3, -0.25) is 0 Å². The first-order chi connectivity index (χ1) is 5.55. The molecule has 0 bridgehead atoms. The molecular weight excluding hydrogens is 152 g/mol. The Morgan fingerprint density at radius 2 is 2.00 bits per heavy atom.